The Kier molecular flexibility index (Phi) is 6.67. The molecule has 1 amide bonds. The van der Waals surface area contributed by atoms with Gasteiger partial charge in [0.05, 0.1) is 5.56 Å². The van der Waals surface area contributed by atoms with Crippen LogP contribution in [0, 0.1) is 11.6 Å². The van der Waals surface area contributed by atoms with Crippen LogP contribution >= 0.6 is 0 Å². The van der Waals surface area contributed by atoms with Crippen LogP contribution in [-0.4, -0.2) is 35.6 Å². The van der Waals surface area contributed by atoms with E-state index in [0.29, 0.717) is 24.6 Å². The van der Waals surface area contributed by atoms with Gasteiger partial charge >= 0.3 is 0 Å². The van der Waals surface area contributed by atoms with Crippen LogP contribution in [0.25, 0.3) is 11.3 Å². The number of rotatable bonds is 7. The van der Waals surface area contributed by atoms with Crippen LogP contribution in [0.2, 0.25) is 18.1 Å². The van der Waals surface area contributed by atoms with Gasteiger partial charge in [-0.2, -0.15) is 0 Å². The fourth-order valence-electron chi connectivity index (χ4n) is 3.64. The summed E-state index contributed by atoms with van der Waals surface area (Å²) in [6.45, 7) is 12.8. The van der Waals surface area contributed by atoms with Crippen LogP contribution < -0.4 is 5.32 Å². The quantitative estimate of drug-likeness (QED) is 0.408. The maximum Gasteiger partial charge on any atom is 0.273 e. The van der Waals surface area contributed by atoms with E-state index in [1.54, 1.807) is 0 Å². The zero-order valence-electron chi connectivity index (χ0n) is 20.7. The molecule has 2 aromatic heterocycles. The Labute approximate surface area is 203 Å². The molecule has 1 aliphatic carbocycles. The Balaban J connectivity index is 1.31. The van der Waals surface area contributed by atoms with Gasteiger partial charge in [-0.1, -0.05) is 25.9 Å². The van der Waals surface area contributed by atoms with Crippen molar-refractivity contribution in [2.45, 2.75) is 76.7 Å². The predicted octanol–water partition coefficient (Wildman–Crippen LogP) is 5.76. The molecule has 1 aliphatic rings. The smallest absolute Gasteiger partial charge is 0.273 e. The van der Waals surface area contributed by atoms with Crippen molar-refractivity contribution in [1.82, 2.24) is 20.7 Å². The van der Waals surface area contributed by atoms with Crippen molar-refractivity contribution >= 4 is 14.2 Å². The molecule has 3 aromatic rings. The number of carbonyl (C=O) groups is 1. The average Bonchev–Trinajstić information content (AvgIpc) is 3.39. The highest BCUT2D eigenvalue weighted by Crippen LogP contribution is 2.41. The predicted molar refractivity (Wildman–Crippen MR) is 126 cm³/mol. The third kappa shape index (κ3) is 5.35. The van der Waals surface area contributed by atoms with Crippen LogP contribution in [-0.2, 0) is 4.43 Å². The lowest BCUT2D eigenvalue weighted by molar-refractivity contribution is 0.0892. The lowest BCUT2D eigenvalue weighted by atomic mass is 9.80. The zero-order chi connectivity index (χ0) is 25.5. The Hall–Kier alpha value is -2.92. The SMILES string of the molecule is C[C@@H](O[Si](C)(C)C(C)(C)C)c1nnc([C@H]2C[C@H](NC(=O)c3cc(-c4ccc(F)cc4F)on3)C2)o1. The second kappa shape index (κ2) is 9.27. The normalized spacial score (nSPS) is 19.3. The maximum atomic E-state index is 14.0. The molecule has 1 fully saturated rings. The molecule has 0 bridgehead atoms. The number of nitrogens with zero attached hydrogens (tertiary/aromatic N) is 3. The van der Waals surface area contributed by atoms with Crippen molar-refractivity contribution in [3.63, 3.8) is 0 Å². The fourth-order valence-corrected chi connectivity index (χ4v) is 4.98. The second-order valence-corrected chi connectivity index (χ2v) is 15.3. The van der Waals surface area contributed by atoms with E-state index in [2.05, 4.69) is 54.5 Å². The molecule has 1 aromatic carbocycles. The van der Waals surface area contributed by atoms with Gasteiger partial charge in [-0.15, -0.1) is 10.2 Å². The van der Waals surface area contributed by atoms with Crippen molar-refractivity contribution in [2.75, 3.05) is 0 Å². The first kappa shape index (κ1) is 25.2. The van der Waals surface area contributed by atoms with E-state index >= 15 is 0 Å². The van der Waals surface area contributed by atoms with Gasteiger partial charge in [0.2, 0.25) is 11.8 Å². The van der Waals surface area contributed by atoms with Crippen LogP contribution in [0.5, 0.6) is 0 Å². The van der Waals surface area contributed by atoms with Crippen molar-refractivity contribution in [1.29, 1.82) is 0 Å². The van der Waals surface area contributed by atoms with E-state index in [9.17, 15) is 13.6 Å². The third-order valence-corrected chi connectivity index (χ3v) is 11.4. The summed E-state index contributed by atoms with van der Waals surface area (Å²) in [5.41, 5.74) is 0.0458. The molecule has 1 N–H and O–H groups in total. The minimum absolute atomic E-state index is 0.0175. The summed E-state index contributed by atoms with van der Waals surface area (Å²) >= 11 is 0. The van der Waals surface area contributed by atoms with E-state index in [-0.39, 0.29) is 40.1 Å². The number of nitrogens with one attached hydrogen (secondary N) is 1. The van der Waals surface area contributed by atoms with E-state index in [1.165, 1.54) is 12.1 Å². The number of aromatic nitrogens is 3. The highest BCUT2D eigenvalue weighted by molar-refractivity contribution is 6.74. The maximum absolute atomic E-state index is 14.0. The molecule has 11 heteroatoms. The average molecular weight is 505 g/mol. The van der Waals surface area contributed by atoms with E-state index < -0.39 is 25.9 Å². The molecule has 2 heterocycles. The van der Waals surface area contributed by atoms with Crippen LogP contribution in [0.4, 0.5) is 8.78 Å². The fraction of sp³-hybridized carbons (Fsp3) is 0.500. The minimum Gasteiger partial charge on any atom is -0.422 e. The lowest BCUT2D eigenvalue weighted by Crippen LogP contribution is -2.43. The molecule has 0 radical (unpaired) electrons. The molecule has 0 unspecified atom stereocenters. The third-order valence-electron chi connectivity index (χ3n) is 6.84. The molecule has 8 nitrogen and oxygen atoms in total. The first-order chi connectivity index (χ1) is 16.3. The first-order valence-corrected chi connectivity index (χ1v) is 14.5. The van der Waals surface area contributed by atoms with Gasteiger partial charge in [0.25, 0.3) is 5.91 Å². The topological polar surface area (TPSA) is 103 Å². The van der Waals surface area contributed by atoms with Gasteiger partial charge in [-0.05, 0) is 50.0 Å². The van der Waals surface area contributed by atoms with Gasteiger partial charge < -0.3 is 18.7 Å². The van der Waals surface area contributed by atoms with E-state index in [4.69, 9.17) is 13.4 Å². The lowest BCUT2D eigenvalue weighted by Gasteiger charge is -2.37. The number of carbonyl (C=O) groups excluding carboxylic acids is 1. The second-order valence-electron chi connectivity index (χ2n) is 10.5. The van der Waals surface area contributed by atoms with Crippen LogP contribution in [0.15, 0.2) is 33.2 Å². The Morgan fingerprint density at radius 1 is 1.20 bits per heavy atom. The molecule has 0 aliphatic heterocycles. The highest BCUT2D eigenvalue weighted by atomic mass is 28.4. The molecule has 0 saturated heterocycles. The van der Waals surface area contributed by atoms with Gasteiger partial charge in [0.15, 0.2) is 19.8 Å². The number of halogens is 2. The molecular weight excluding hydrogens is 474 g/mol. The van der Waals surface area contributed by atoms with Gasteiger partial charge in [0, 0.05) is 24.1 Å². The number of benzene rings is 1. The molecular formula is C24H30F2N4O4Si. The highest BCUT2D eigenvalue weighted by Gasteiger charge is 2.40. The summed E-state index contributed by atoms with van der Waals surface area (Å²) in [5, 5.41) is 15.0. The summed E-state index contributed by atoms with van der Waals surface area (Å²) in [7, 11) is -1.98. The van der Waals surface area contributed by atoms with Gasteiger partial charge in [-0.3, -0.25) is 4.79 Å². The standard InChI is InChI=1S/C24H30F2N4O4Si/c1-13(34-35(5,6)24(2,3)4)22-28-29-23(32-22)14-9-16(10-14)27-21(31)19-12-20(33-30-19)17-8-7-15(25)11-18(17)26/h7-8,11-14,16H,9-10H2,1-6H3,(H,27,31)/t13-,14-,16-/m1/s1. The van der Waals surface area contributed by atoms with Gasteiger partial charge in [-0.25, -0.2) is 8.78 Å². The minimum atomic E-state index is -1.98. The van der Waals surface area contributed by atoms with Crippen LogP contribution in [0.3, 0.4) is 0 Å². The largest absolute Gasteiger partial charge is 0.422 e. The Morgan fingerprint density at radius 2 is 1.91 bits per heavy atom. The summed E-state index contributed by atoms with van der Waals surface area (Å²) < 4.78 is 44.4. The molecule has 4 rings (SSSR count). The summed E-state index contributed by atoms with van der Waals surface area (Å²) in [4.78, 5) is 12.5. The summed E-state index contributed by atoms with van der Waals surface area (Å²) in [6, 6.07) is 4.33. The monoisotopic (exact) mass is 504 g/mol. The first-order valence-electron chi connectivity index (χ1n) is 11.6. The van der Waals surface area contributed by atoms with E-state index in [1.807, 2.05) is 6.92 Å². The van der Waals surface area contributed by atoms with Crippen molar-refractivity contribution in [3.8, 4) is 11.3 Å². The molecule has 1 saturated carbocycles. The van der Waals surface area contributed by atoms with Crippen LogP contribution in [0.1, 0.15) is 74.8 Å². The molecule has 188 valence electrons. The number of amides is 1. The Bertz CT molecular complexity index is 1210. The number of hydrogen-bond donors (Lipinski definition) is 1. The molecule has 0 spiro atoms. The van der Waals surface area contributed by atoms with Crippen molar-refractivity contribution in [3.05, 3.63) is 53.4 Å². The van der Waals surface area contributed by atoms with E-state index in [0.717, 1.165) is 12.1 Å². The van der Waals surface area contributed by atoms with Gasteiger partial charge in [0.1, 0.15) is 17.7 Å². The Morgan fingerprint density at radius 3 is 2.57 bits per heavy atom. The molecule has 1 atom stereocenters. The summed E-state index contributed by atoms with van der Waals surface area (Å²) in [6.07, 6.45) is 0.990. The summed E-state index contributed by atoms with van der Waals surface area (Å²) in [5.74, 6) is -0.845. The van der Waals surface area contributed by atoms with Crippen molar-refractivity contribution < 1.29 is 26.9 Å². The zero-order valence-corrected chi connectivity index (χ0v) is 21.7. The van der Waals surface area contributed by atoms with Crippen molar-refractivity contribution in [2.24, 2.45) is 0 Å². The molecule has 35 heavy (non-hydrogen) atoms. The number of hydrogen-bond acceptors (Lipinski definition) is 7.